The molecule has 5 heteroatoms. The lowest BCUT2D eigenvalue weighted by Gasteiger charge is -2.03. The number of nitriles is 1. The van der Waals surface area contributed by atoms with Crippen molar-refractivity contribution in [3.63, 3.8) is 0 Å². The number of benzene rings is 1. The van der Waals surface area contributed by atoms with Crippen molar-refractivity contribution >= 4 is 51.2 Å². The molecule has 0 saturated heterocycles. The molecule has 0 aromatic heterocycles. The summed E-state index contributed by atoms with van der Waals surface area (Å²) in [4.78, 5) is 11.2. The lowest BCUT2D eigenvalue weighted by Crippen LogP contribution is -2.03. The normalized spacial score (nSPS) is 9.29. The molecule has 0 fully saturated rings. The van der Waals surface area contributed by atoms with Crippen LogP contribution in [0, 0.1) is 18.5 Å². The summed E-state index contributed by atoms with van der Waals surface area (Å²) < 4.78 is 6.11. The molecule has 0 aliphatic carbocycles. The molecule has 14 heavy (non-hydrogen) atoms. The summed E-state index contributed by atoms with van der Waals surface area (Å²) in [6.07, 6.45) is 0. The van der Waals surface area contributed by atoms with Crippen LogP contribution in [0.1, 0.15) is 15.9 Å². The van der Waals surface area contributed by atoms with Gasteiger partial charge in [-0.1, -0.05) is 0 Å². The van der Waals surface area contributed by atoms with E-state index in [9.17, 15) is 4.79 Å². The van der Waals surface area contributed by atoms with Crippen LogP contribution in [0.4, 0.5) is 0 Å². The van der Waals surface area contributed by atoms with Crippen LogP contribution in [0.15, 0.2) is 12.1 Å². The molecule has 0 spiro atoms. The minimum atomic E-state index is -0.384. The SMILES string of the molecule is COC(=O)c1cc(I)c(C#N)c(I)c1. The second-order valence-electron chi connectivity index (χ2n) is 2.42. The lowest BCUT2D eigenvalue weighted by atomic mass is 10.1. The highest BCUT2D eigenvalue weighted by atomic mass is 127. The molecule has 0 amide bonds. The molecule has 3 nitrogen and oxygen atoms in total. The average molecular weight is 413 g/mol. The van der Waals surface area contributed by atoms with Gasteiger partial charge >= 0.3 is 5.97 Å². The number of nitrogens with zero attached hydrogens (tertiary/aromatic N) is 1. The predicted octanol–water partition coefficient (Wildman–Crippen LogP) is 2.55. The lowest BCUT2D eigenvalue weighted by molar-refractivity contribution is 0.0600. The van der Waals surface area contributed by atoms with Crippen LogP contribution in [0.25, 0.3) is 0 Å². The summed E-state index contributed by atoms with van der Waals surface area (Å²) in [5.41, 5.74) is 1.07. The van der Waals surface area contributed by atoms with E-state index in [1.807, 2.05) is 45.2 Å². The highest BCUT2D eigenvalue weighted by Crippen LogP contribution is 2.21. The predicted molar refractivity (Wildman–Crippen MR) is 67.9 cm³/mol. The van der Waals surface area contributed by atoms with Crippen molar-refractivity contribution in [2.24, 2.45) is 0 Å². The van der Waals surface area contributed by atoms with Crippen LogP contribution in [-0.2, 0) is 4.74 Å². The van der Waals surface area contributed by atoms with Crippen LogP contribution in [-0.4, -0.2) is 13.1 Å². The van der Waals surface area contributed by atoms with Crippen LogP contribution in [0.2, 0.25) is 0 Å². The smallest absolute Gasteiger partial charge is 0.337 e. The molecule has 1 rings (SSSR count). The molecule has 0 unspecified atom stereocenters. The van der Waals surface area contributed by atoms with E-state index < -0.39 is 0 Å². The first-order valence-corrected chi connectivity index (χ1v) is 5.73. The van der Waals surface area contributed by atoms with E-state index in [-0.39, 0.29) is 5.97 Å². The molecule has 0 bridgehead atoms. The zero-order valence-electron chi connectivity index (χ0n) is 7.17. The maximum Gasteiger partial charge on any atom is 0.337 e. The molecule has 72 valence electrons. The first kappa shape index (κ1) is 11.7. The van der Waals surface area contributed by atoms with Gasteiger partial charge in [0.2, 0.25) is 0 Å². The molecule has 0 saturated carbocycles. The average Bonchev–Trinajstić information content (AvgIpc) is 2.16. The van der Waals surface area contributed by atoms with Crippen LogP contribution in [0.3, 0.4) is 0 Å². The Morgan fingerprint density at radius 2 is 1.93 bits per heavy atom. The van der Waals surface area contributed by atoms with Crippen molar-refractivity contribution in [3.8, 4) is 6.07 Å². The van der Waals surface area contributed by atoms with E-state index in [1.165, 1.54) is 7.11 Å². The fourth-order valence-electron chi connectivity index (χ4n) is 0.916. The molecule has 0 heterocycles. The van der Waals surface area contributed by atoms with Crippen molar-refractivity contribution in [2.75, 3.05) is 7.11 Å². The summed E-state index contributed by atoms with van der Waals surface area (Å²) in [5.74, 6) is -0.384. The Balaban J connectivity index is 3.29. The second-order valence-corrected chi connectivity index (χ2v) is 4.74. The third kappa shape index (κ3) is 2.36. The quantitative estimate of drug-likeness (QED) is 0.526. The number of hydrogen-bond acceptors (Lipinski definition) is 3. The van der Waals surface area contributed by atoms with E-state index in [0.29, 0.717) is 11.1 Å². The summed E-state index contributed by atoms with van der Waals surface area (Å²) in [6.45, 7) is 0. The van der Waals surface area contributed by atoms with Gasteiger partial charge < -0.3 is 4.74 Å². The minimum absolute atomic E-state index is 0.384. The van der Waals surface area contributed by atoms with Gasteiger partial charge in [0.25, 0.3) is 0 Å². The Morgan fingerprint density at radius 3 is 2.29 bits per heavy atom. The maximum absolute atomic E-state index is 11.2. The Labute approximate surface area is 109 Å². The summed E-state index contributed by atoms with van der Waals surface area (Å²) in [7, 11) is 1.33. The number of carbonyl (C=O) groups is 1. The summed E-state index contributed by atoms with van der Waals surface area (Å²) in [5, 5.41) is 8.81. The van der Waals surface area contributed by atoms with Gasteiger partial charge in [-0.2, -0.15) is 5.26 Å². The van der Waals surface area contributed by atoms with Gasteiger partial charge in [-0.25, -0.2) is 4.79 Å². The van der Waals surface area contributed by atoms with Crippen molar-refractivity contribution in [1.29, 1.82) is 5.26 Å². The molecular weight excluding hydrogens is 408 g/mol. The number of hydrogen-bond donors (Lipinski definition) is 0. The molecule has 0 aliphatic rings. The zero-order valence-corrected chi connectivity index (χ0v) is 11.5. The van der Waals surface area contributed by atoms with E-state index in [4.69, 9.17) is 5.26 Å². The van der Waals surface area contributed by atoms with Crippen LogP contribution in [0.5, 0.6) is 0 Å². The van der Waals surface area contributed by atoms with Crippen molar-refractivity contribution in [1.82, 2.24) is 0 Å². The molecule has 0 radical (unpaired) electrons. The van der Waals surface area contributed by atoms with Gasteiger partial charge in [-0.3, -0.25) is 0 Å². The molecule has 1 aromatic rings. The Kier molecular flexibility index (Phi) is 4.12. The first-order chi connectivity index (χ1) is 6.60. The molecular formula is C9H5I2NO2. The Morgan fingerprint density at radius 1 is 1.43 bits per heavy atom. The maximum atomic E-state index is 11.2. The van der Waals surface area contributed by atoms with Crippen molar-refractivity contribution in [3.05, 3.63) is 30.4 Å². The van der Waals surface area contributed by atoms with Gasteiger partial charge in [0.15, 0.2) is 0 Å². The van der Waals surface area contributed by atoms with Gasteiger partial charge in [0.05, 0.1) is 18.2 Å². The third-order valence-corrected chi connectivity index (χ3v) is 3.28. The fraction of sp³-hybridized carbons (Fsp3) is 0.111. The first-order valence-electron chi connectivity index (χ1n) is 3.57. The van der Waals surface area contributed by atoms with E-state index in [1.54, 1.807) is 12.1 Å². The Bertz CT molecular complexity index is 400. The van der Waals surface area contributed by atoms with E-state index in [0.717, 1.165) is 7.14 Å². The molecule has 0 atom stereocenters. The zero-order chi connectivity index (χ0) is 10.7. The standard InChI is InChI=1S/C9H5I2NO2/c1-14-9(13)5-2-7(10)6(4-12)8(11)3-5/h2-3H,1H3. The Hall–Kier alpha value is -0.360. The van der Waals surface area contributed by atoms with Gasteiger partial charge in [0, 0.05) is 7.14 Å². The van der Waals surface area contributed by atoms with Crippen molar-refractivity contribution in [2.45, 2.75) is 0 Å². The second kappa shape index (κ2) is 4.93. The number of halogens is 2. The topological polar surface area (TPSA) is 50.1 Å². The fourth-order valence-corrected chi connectivity index (χ4v) is 2.92. The molecule has 0 N–H and O–H groups in total. The summed E-state index contributed by atoms with van der Waals surface area (Å²) in [6, 6.07) is 5.37. The number of esters is 1. The number of methoxy groups -OCH3 is 1. The van der Waals surface area contributed by atoms with E-state index in [2.05, 4.69) is 10.8 Å². The van der Waals surface area contributed by atoms with Gasteiger partial charge in [-0.15, -0.1) is 0 Å². The largest absolute Gasteiger partial charge is 0.465 e. The van der Waals surface area contributed by atoms with Crippen molar-refractivity contribution < 1.29 is 9.53 Å². The van der Waals surface area contributed by atoms with Crippen LogP contribution >= 0.6 is 45.2 Å². The minimum Gasteiger partial charge on any atom is -0.465 e. The molecule has 1 aromatic carbocycles. The third-order valence-electron chi connectivity index (χ3n) is 1.58. The molecule has 0 aliphatic heterocycles. The highest BCUT2D eigenvalue weighted by molar-refractivity contribution is 14.1. The number of ether oxygens (including phenoxy) is 1. The van der Waals surface area contributed by atoms with Gasteiger partial charge in [-0.05, 0) is 57.3 Å². The van der Waals surface area contributed by atoms with E-state index >= 15 is 0 Å². The number of carbonyl (C=O) groups excluding carboxylic acids is 1. The monoisotopic (exact) mass is 413 g/mol. The van der Waals surface area contributed by atoms with Gasteiger partial charge in [0.1, 0.15) is 6.07 Å². The van der Waals surface area contributed by atoms with Crippen LogP contribution < -0.4 is 0 Å². The summed E-state index contributed by atoms with van der Waals surface area (Å²) >= 11 is 4.05. The highest BCUT2D eigenvalue weighted by Gasteiger charge is 2.11. The number of rotatable bonds is 1.